The van der Waals surface area contributed by atoms with Crippen LogP contribution in [0, 0.1) is 5.92 Å². The molecule has 1 saturated heterocycles. The SMILES string of the molecule is NCC(N)C1CCCOC1. The normalized spacial score (nSPS) is 30.0. The van der Waals surface area contributed by atoms with Crippen molar-refractivity contribution in [2.45, 2.75) is 18.9 Å². The summed E-state index contributed by atoms with van der Waals surface area (Å²) in [6.07, 6.45) is 2.32. The Bertz CT molecular complexity index is 91.6. The molecule has 0 aromatic heterocycles. The lowest BCUT2D eigenvalue weighted by Crippen LogP contribution is -2.41. The van der Waals surface area contributed by atoms with Gasteiger partial charge in [-0.15, -0.1) is 0 Å². The first-order valence-electron chi connectivity index (χ1n) is 3.88. The smallest absolute Gasteiger partial charge is 0.0509 e. The molecule has 60 valence electrons. The molecule has 2 atom stereocenters. The van der Waals surface area contributed by atoms with Crippen molar-refractivity contribution in [2.24, 2.45) is 17.4 Å². The molecule has 10 heavy (non-hydrogen) atoms. The van der Waals surface area contributed by atoms with Gasteiger partial charge in [0.1, 0.15) is 0 Å². The summed E-state index contributed by atoms with van der Waals surface area (Å²) < 4.78 is 5.27. The second-order valence-electron chi connectivity index (χ2n) is 2.88. The molecule has 0 bridgehead atoms. The average Bonchev–Trinajstić information content (AvgIpc) is 2.05. The molecule has 3 nitrogen and oxygen atoms in total. The highest BCUT2D eigenvalue weighted by molar-refractivity contribution is 4.75. The van der Waals surface area contributed by atoms with Crippen LogP contribution in [0.3, 0.4) is 0 Å². The molecular formula is C7H16N2O. The van der Waals surface area contributed by atoms with E-state index < -0.39 is 0 Å². The minimum Gasteiger partial charge on any atom is -0.381 e. The Hall–Kier alpha value is -0.120. The maximum absolute atomic E-state index is 5.74. The van der Waals surface area contributed by atoms with Crippen LogP contribution in [0.5, 0.6) is 0 Å². The van der Waals surface area contributed by atoms with Gasteiger partial charge in [-0.3, -0.25) is 0 Å². The van der Waals surface area contributed by atoms with Crippen LogP contribution in [0.2, 0.25) is 0 Å². The lowest BCUT2D eigenvalue weighted by Gasteiger charge is -2.26. The zero-order valence-corrected chi connectivity index (χ0v) is 6.25. The second-order valence-corrected chi connectivity index (χ2v) is 2.88. The minimum atomic E-state index is 0.139. The third-order valence-corrected chi connectivity index (χ3v) is 2.07. The first-order chi connectivity index (χ1) is 4.84. The summed E-state index contributed by atoms with van der Waals surface area (Å²) in [4.78, 5) is 0. The fourth-order valence-electron chi connectivity index (χ4n) is 1.30. The van der Waals surface area contributed by atoms with Gasteiger partial charge in [-0.1, -0.05) is 0 Å². The molecule has 1 aliphatic heterocycles. The van der Waals surface area contributed by atoms with Crippen LogP contribution in [0.4, 0.5) is 0 Å². The molecular weight excluding hydrogens is 128 g/mol. The van der Waals surface area contributed by atoms with E-state index in [2.05, 4.69) is 0 Å². The Morgan fingerprint density at radius 1 is 1.60 bits per heavy atom. The largest absolute Gasteiger partial charge is 0.381 e. The fourth-order valence-corrected chi connectivity index (χ4v) is 1.30. The predicted octanol–water partition coefficient (Wildman–Crippen LogP) is -0.301. The molecule has 1 heterocycles. The van der Waals surface area contributed by atoms with Gasteiger partial charge in [0.15, 0.2) is 0 Å². The average molecular weight is 144 g/mol. The van der Waals surface area contributed by atoms with Crippen molar-refractivity contribution in [2.75, 3.05) is 19.8 Å². The van der Waals surface area contributed by atoms with Crippen molar-refractivity contribution in [3.8, 4) is 0 Å². The molecule has 0 amide bonds. The number of hydrogen-bond donors (Lipinski definition) is 2. The summed E-state index contributed by atoms with van der Waals surface area (Å²) in [7, 11) is 0. The molecule has 0 aromatic rings. The quantitative estimate of drug-likeness (QED) is 0.559. The van der Waals surface area contributed by atoms with E-state index in [0.29, 0.717) is 12.5 Å². The summed E-state index contributed by atoms with van der Waals surface area (Å²) in [6.45, 7) is 2.28. The Morgan fingerprint density at radius 2 is 2.40 bits per heavy atom. The number of rotatable bonds is 2. The van der Waals surface area contributed by atoms with Crippen LogP contribution in [-0.2, 0) is 4.74 Å². The van der Waals surface area contributed by atoms with E-state index in [0.717, 1.165) is 19.6 Å². The van der Waals surface area contributed by atoms with Gasteiger partial charge in [-0.25, -0.2) is 0 Å². The monoisotopic (exact) mass is 144 g/mol. The predicted molar refractivity (Wildman–Crippen MR) is 40.6 cm³/mol. The molecule has 1 rings (SSSR count). The molecule has 1 aliphatic rings. The van der Waals surface area contributed by atoms with Crippen molar-refractivity contribution in [1.82, 2.24) is 0 Å². The summed E-state index contributed by atoms with van der Waals surface area (Å²) in [5.74, 6) is 0.499. The third kappa shape index (κ3) is 1.94. The maximum atomic E-state index is 5.74. The van der Waals surface area contributed by atoms with Crippen molar-refractivity contribution >= 4 is 0 Å². The number of hydrogen-bond acceptors (Lipinski definition) is 3. The zero-order chi connectivity index (χ0) is 7.40. The molecule has 0 spiro atoms. The molecule has 1 fully saturated rings. The van der Waals surface area contributed by atoms with Gasteiger partial charge < -0.3 is 16.2 Å². The minimum absolute atomic E-state index is 0.139. The van der Waals surface area contributed by atoms with Crippen LogP contribution in [0.25, 0.3) is 0 Å². The Labute approximate surface area is 61.7 Å². The van der Waals surface area contributed by atoms with Crippen LogP contribution >= 0.6 is 0 Å². The summed E-state index contributed by atoms with van der Waals surface area (Å²) in [6, 6.07) is 0.139. The van der Waals surface area contributed by atoms with Crippen LogP contribution in [0.1, 0.15) is 12.8 Å². The molecule has 0 saturated carbocycles. The van der Waals surface area contributed by atoms with Crippen molar-refractivity contribution in [3.05, 3.63) is 0 Å². The molecule has 0 radical (unpaired) electrons. The van der Waals surface area contributed by atoms with E-state index in [1.165, 1.54) is 6.42 Å². The molecule has 4 N–H and O–H groups in total. The van der Waals surface area contributed by atoms with E-state index >= 15 is 0 Å². The van der Waals surface area contributed by atoms with E-state index in [1.807, 2.05) is 0 Å². The first-order valence-corrected chi connectivity index (χ1v) is 3.88. The van der Waals surface area contributed by atoms with E-state index in [9.17, 15) is 0 Å². The van der Waals surface area contributed by atoms with E-state index in [4.69, 9.17) is 16.2 Å². The highest BCUT2D eigenvalue weighted by atomic mass is 16.5. The van der Waals surface area contributed by atoms with E-state index in [-0.39, 0.29) is 6.04 Å². The van der Waals surface area contributed by atoms with Gasteiger partial charge in [0.05, 0.1) is 6.61 Å². The standard InChI is InChI=1S/C7H16N2O/c8-4-7(9)6-2-1-3-10-5-6/h6-7H,1-5,8-9H2. The molecule has 2 unspecified atom stereocenters. The maximum Gasteiger partial charge on any atom is 0.0509 e. The molecule has 0 aliphatic carbocycles. The van der Waals surface area contributed by atoms with Gasteiger partial charge in [-0.2, -0.15) is 0 Å². The van der Waals surface area contributed by atoms with Crippen LogP contribution in [-0.4, -0.2) is 25.8 Å². The fraction of sp³-hybridized carbons (Fsp3) is 1.00. The second kappa shape index (κ2) is 3.91. The highest BCUT2D eigenvalue weighted by Gasteiger charge is 2.19. The van der Waals surface area contributed by atoms with Gasteiger partial charge >= 0.3 is 0 Å². The topological polar surface area (TPSA) is 61.3 Å². The van der Waals surface area contributed by atoms with Gasteiger partial charge in [0.25, 0.3) is 0 Å². The van der Waals surface area contributed by atoms with Gasteiger partial charge in [0, 0.05) is 19.2 Å². The lowest BCUT2D eigenvalue weighted by atomic mass is 9.95. The Balaban J connectivity index is 2.24. The van der Waals surface area contributed by atoms with Crippen molar-refractivity contribution < 1.29 is 4.74 Å². The van der Waals surface area contributed by atoms with Crippen molar-refractivity contribution in [1.29, 1.82) is 0 Å². The summed E-state index contributed by atoms with van der Waals surface area (Å²) >= 11 is 0. The van der Waals surface area contributed by atoms with Gasteiger partial charge in [-0.05, 0) is 18.8 Å². The molecule has 3 heteroatoms. The molecule has 0 aromatic carbocycles. The van der Waals surface area contributed by atoms with Crippen LogP contribution in [0.15, 0.2) is 0 Å². The van der Waals surface area contributed by atoms with Gasteiger partial charge in [0.2, 0.25) is 0 Å². The van der Waals surface area contributed by atoms with E-state index in [1.54, 1.807) is 0 Å². The zero-order valence-electron chi connectivity index (χ0n) is 6.25. The van der Waals surface area contributed by atoms with Crippen molar-refractivity contribution in [3.63, 3.8) is 0 Å². The highest BCUT2D eigenvalue weighted by Crippen LogP contribution is 2.15. The number of ether oxygens (including phenoxy) is 1. The lowest BCUT2D eigenvalue weighted by molar-refractivity contribution is 0.0460. The third-order valence-electron chi connectivity index (χ3n) is 2.07. The van der Waals surface area contributed by atoms with Crippen LogP contribution < -0.4 is 11.5 Å². The summed E-state index contributed by atoms with van der Waals surface area (Å²) in [5.41, 5.74) is 11.2. The summed E-state index contributed by atoms with van der Waals surface area (Å²) in [5, 5.41) is 0. The first kappa shape index (κ1) is 7.98. The number of nitrogens with two attached hydrogens (primary N) is 2. The Morgan fingerprint density at radius 3 is 2.90 bits per heavy atom. The Kier molecular flexibility index (Phi) is 3.12.